The predicted molar refractivity (Wildman–Crippen MR) is 120 cm³/mol. The lowest BCUT2D eigenvalue weighted by molar-refractivity contribution is -0.187. The summed E-state index contributed by atoms with van der Waals surface area (Å²) in [5.74, 6) is -10.3. The van der Waals surface area contributed by atoms with Crippen LogP contribution in [0.5, 0.6) is 5.75 Å². The van der Waals surface area contributed by atoms with Gasteiger partial charge in [0.15, 0.2) is 11.6 Å². The zero-order valence-corrected chi connectivity index (χ0v) is 19.8. The molecular weight excluding hydrogens is 530 g/mol. The average molecular weight is 550 g/mol. The van der Waals surface area contributed by atoms with Crippen LogP contribution in [0.15, 0.2) is 36.4 Å². The second-order valence-electron chi connectivity index (χ2n) is 9.11. The summed E-state index contributed by atoms with van der Waals surface area (Å²) in [6, 6.07) is 2.29. The SMILES string of the molecule is CCCC1CC=C(c2ccc(C(F)(F)Oc3cc(F)c4c(F)c(C(F)(F)F)c(F)cc4c3)c(F)c2F)CC1. The summed E-state index contributed by atoms with van der Waals surface area (Å²) in [5, 5.41) is -2.16. The van der Waals surface area contributed by atoms with Crippen molar-refractivity contribution >= 4 is 16.3 Å². The van der Waals surface area contributed by atoms with Crippen molar-refractivity contribution in [2.75, 3.05) is 0 Å². The van der Waals surface area contributed by atoms with Crippen LogP contribution in [0.2, 0.25) is 0 Å². The molecule has 0 saturated carbocycles. The first-order chi connectivity index (χ1) is 17.7. The molecule has 1 atom stereocenters. The summed E-state index contributed by atoms with van der Waals surface area (Å²) < 4.78 is 145. The number of rotatable bonds is 6. The van der Waals surface area contributed by atoms with Crippen LogP contribution in [0.3, 0.4) is 0 Å². The molecule has 3 aromatic rings. The highest BCUT2D eigenvalue weighted by atomic mass is 19.4. The zero-order chi connectivity index (χ0) is 28.0. The summed E-state index contributed by atoms with van der Waals surface area (Å²) in [7, 11) is 0. The monoisotopic (exact) mass is 550 g/mol. The maximum absolute atomic E-state index is 14.8. The Kier molecular flexibility index (Phi) is 7.42. The highest BCUT2D eigenvalue weighted by Crippen LogP contribution is 2.41. The number of allylic oxidation sites excluding steroid dienone is 2. The number of benzene rings is 3. The van der Waals surface area contributed by atoms with Crippen molar-refractivity contribution in [3.63, 3.8) is 0 Å². The van der Waals surface area contributed by atoms with Gasteiger partial charge in [0.25, 0.3) is 0 Å². The van der Waals surface area contributed by atoms with E-state index in [0.717, 1.165) is 25.3 Å². The summed E-state index contributed by atoms with van der Waals surface area (Å²) in [6.07, 6.45) is -4.56. The summed E-state index contributed by atoms with van der Waals surface area (Å²) >= 11 is 0. The molecule has 3 aromatic carbocycles. The van der Waals surface area contributed by atoms with Gasteiger partial charge < -0.3 is 4.74 Å². The minimum Gasteiger partial charge on any atom is -0.429 e. The van der Waals surface area contributed by atoms with Gasteiger partial charge in [-0.1, -0.05) is 31.9 Å². The van der Waals surface area contributed by atoms with E-state index in [2.05, 4.69) is 4.74 Å². The fourth-order valence-corrected chi connectivity index (χ4v) is 4.73. The van der Waals surface area contributed by atoms with E-state index in [1.807, 2.05) is 6.92 Å². The number of alkyl halides is 5. The molecule has 4 rings (SSSR count). The molecule has 1 aliphatic carbocycles. The van der Waals surface area contributed by atoms with Crippen LogP contribution in [-0.4, -0.2) is 0 Å². The topological polar surface area (TPSA) is 9.23 Å². The van der Waals surface area contributed by atoms with Crippen molar-refractivity contribution in [2.45, 2.75) is 51.3 Å². The third-order valence-electron chi connectivity index (χ3n) is 6.54. The second-order valence-corrected chi connectivity index (χ2v) is 9.11. The van der Waals surface area contributed by atoms with Gasteiger partial charge in [0, 0.05) is 11.6 Å². The quantitative estimate of drug-likeness (QED) is 0.278. The van der Waals surface area contributed by atoms with E-state index in [-0.39, 0.29) is 17.7 Å². The summed E-state index contributed by atoms with van der Waals surface area (Å²) in [4.78, 5) is 0. The van der Waals surface area contributed by atoms with Gasteiger partial charge in [-0.2, -0.15) is 22.0 Å². The smallest absolute Gasteiger partial charge is 0.429 e. The molecule has 38 heavy (non-hydrogen) atoms. The van der Waals surface area contributed by atoms with Crippen molar-refractivity contribution < 1.29 is 48.6 Å². The van der Waals surface area contributed by atoms with Gasteiger partial charge >= 0.3 is 12.3 Å². The van der Waals surface area contributed by atoms with Crippen LogP contribution in [0.25, 0.3) is 16.3 Å². The maximum Gasteiger partial charge on any atom is 0.429 e. The molecule has 0 heterocycles. The van der Waals surface area contributed by atoms with E-state index in [0.29, 0.717) is 36.5 Å². The normalized spacial score (nSPS) is 16.6. The number of fused-ring (bicyclic) bond motifs is 1. The first-order valence-electron chi connectivity index (χ1n) is 11.7. The fourth-order valence-electron chi connectivity index (χ4n) is 4.73. The van der Waals surface area contributed by atoms with E-state index in [9.17, 15) is 43.9 Å². The van der Waals surface area contributed by atoms with Crippen molar-refractivity contribution in [1.82, 2.24) is 0 Å². The number of hydrogen-bond acceptors (Lipinski definition) is 1. The van der Waals surface area contributed by atoms with Gasteiger partial charge in [0.2, 0.25) is 0 Å². The molecule has 0 aliphatic heterocycles. The third-order valence-corrected chi connectivity index (χ3v) is 6.54. The Labute approximate surface area is 210 Å². The molecular formula is C27H20F10O. The largest absolute Gasteiger partial charge is 0.429 e. The van der Waals surface area contributed by atoms with Crippen LogP contribution in [-0.2, 0) is 12.3 Å². The molecule has 0 spiro atoms. The Balaban J connectivity index is 1.66. The molecule has 0 aromatic heterocycles. The Morgan fingerprint density at radius 1 is 0.868 bits per heavy atom. The average Bonchev–Trinajstić information content (AvgIpc) is 2.79. The molecule has 11 heteroatoms. The van der Waals surface area contributed by atoms with E-state index in [4.69, 9.17) is 0 Å². The van der Waals surface area contributed by atoms with Gasteiger partial charge in [-0.15, -0.1) is 0 Å². The highest BCUT2D eigenvalue weighted by Gasteiger charge is 2.41. The van der Waals surface area contributed by atoms with Gasteiger partial charge in [0.05, 0.1) is 5.39 Å². The Bertz CT molecular complexity index is 1410. The Hall–Kier alpha value is -3.24. The lowest BCUT2D eigenvalue weighted by atomic mass is 9.84. The van der Waals surface area contributed by atoms with Crippen molar-refractivity contribution in [3.05, 3.63) is 82.2 Å². The first kappa shape index (κ1) is 27.8. The number of hydrogen-bond donors (Lipinski definition) is 0. The number of ether oxygens (including phenoxy) is 1. The van der Waals surface area contributed by atoms with Gasteiger partial charge in [-0.05, 0) is 54.3 Å². The van der Waals surface area contributed by atoms with Crippen LogP contribution in [0, 0.1) is 35.0 Å². The van der Waals surface area contributed by atoms with Gasteiger partial charge in [-0.25, -0.2) is 22.0 Å². The standard InChI is InChI=1S/C27H20F10O/c1-2-3-13-4-6-14(7-5-13)17-8-9-18(24(31)23(17)30)27(36,37)38-16-10-15-11-20(29)22(26(33,34)35)25(32)21(15)19(28)12-16/h6,8-13H,2-5,7H2,1H3. The molecule has 204 valence electrons. The van der Waals surface area contributed by atoms with Gasteiger partial charge in [0.1, 0.15) is 34.3 Å². The Morgan fingerprint density at radius 2 is 1.58 bits per heavy atom. The molecule has 1 aliphatic rings. The molecule has 0 radical (unpaired) electrons. The van der Waals surface area contributed by atoms with Crippen molar-refractivity contribution in [2.24, 2.45) is 5.92 Å². The molecule has 1 unspecified atom stereocenters. The minimum atomic E-state index is -5.49. The molecule has 0 fully saturated rings. The van der Waals surface area contributed by atoms with Crippen molar-refractivity contribution in [3.8, 4) is 5.75 Å². The van der Waals surface area contributed by atoms with Crippen LogP contribution >= 0.6 is 0 Å². The van der Waals surface area contributed by atoms with E-state index in [1.165, 1.54) is 0 Å². The molecule has 0 N–H and O–H groups in total. The fraction of sp³-hybridized carbons (Fsp3) is 0.333. The van der Waals surface area contributed by atoms with E-state index < -0.39 is 69.0 Å². The van der Waals surface area contributed by atoms with Crippen LogP contribution in [0.4, 0.5) is 43.9 Å². The molecule has 0 saturated heterocycles. The molecule has 1 nitrogen and oxygen atoms in total. The van der Waals surface area contributed by atoms with E-state index >= 15 is 0 Å². The Morgan fingerprint density at radius 3 is 2.18 bits per heavy atom. The minimum absolute atomic E-state index is 0.104. The van der Waals surface area contributed by atoms with Crippen molar-refractivity contribution in [1.29, 1.82) is 0 Å². The van der Waals surface area contributed by atoms with Crippen LogP contribution in [0.1, 0.15) is 55.7 Å². The second kappa shape index (κ2) is 10.1. The lowest BCUT2D eigenvalue weighted by Gasteiger charge is -2.23. The van der Waals surface area contributed by atoms with Crippen LogP contribution < -0.4 is 4.74 Å². The summed E-state index contributed by atoms with van der Waals surface area (Å²) in [5.41, 5.74) is -3.58. The zero-order valence-electron chi connectivity index (χ0n) is 19.8. The number of halogens is 10. The van der Waals surface area contributed by atoms with Gasteiger partial charge in [-0.3, -0.25) is 0 Å². The third kappa shape index (κ3) is 5.19. The lowest BCUT2D eigenvalue weighted by Crippen LogP contribution is -2.24. The molecule has 0 bridgehead atoms. The first-order valence-corrected chi connectivity index (χ1v) is 11.7. The molecule has 0 amide bonds. The predicted octanol–water partition coefficient (Wildman–Crippen LogP) is 9.67. The van der Waals surface area contributed by atoms with E-state index in [1.54, 1.807) is 6.08 Å². The summed E-state index contributed by atoms with van der Waals surface area (Å²) in [6.45, 7) is 2.03. The maximum atomic E-state index is 14.8. The highest BCUT2D eigenvalue weighted by molar-refractivity contribution is 5.86.